The van der Waals surface area contributed by atoms with Crippen LogP contribution >= 0.6 is 0 Å². The molecular weight excluding hydrogens is 458 g/mol. The molecule has 36 heavy (non-hydrogen) atoms. The smallest absolute Gasteiger partial charge is 0.274 e. The molecule has 0 aromatic heterocycles. The first-order valence-corrected chi connectivity index (χ1v) is 11.5. The SMILES string of the molecule is Cc1ccc(N2C[C@H](C(=O)Nc3ccc(Oc4cccc5ccccc45)cc3)CC2=O)cc1[N+](=O)[O-]. The van der Waals surface area contributed by atoms with Gasteiger partial charge < -0.3 is 15.0 Å². The lowest BCUT2D eigenvalue weighted by atomic mass is 10.1. The fourth-order valence-electron chi connectivity index (χ4n) is 4.36. The van der Waals surface area contributed by atoms with Crippen molar-refractivity contribution in [2.45, 2.75) is 13.3 Å². The van der Waals surface area contributed by atoms with Gasteiger partial charge in [0.25, 0.3) is 5.69 Å². The Labute approximate surface area is 207 Å². The van der Waals surface area contributed by atoms with E-state index < -0.39 is 10.8 Å². The molecule has 1 atom stereocenters. The number of nitrogens with one attached hydrogen (secondary N) is 1. The first-order valence-electron chi connectivity index (χ1n) is 11.5. The van der Waals surface area contributed by atoms with Gasteiger partial charge in [-0.05, 0) is 48.7 Å². The highest BCUT2D eigenvalue weighted by Crippen LogP contribution is 2.32. The number of nitrogens with zero attached hydrogens (tertiary/aromatic N) is 2. The quantitative estimate of drug-likeness (QED) is 0.275. The highest BCUT2D eigenvalue weighted by atomic mass is 16.6. The Morgan fingerprint density at radius 1 is 1.03 bits per heavy atom. The first kappa shape index (κ1) is 23.0. The lowest BCUT2D eigenvalue weighted by molar-refractivity contribution is -0.385. The van der Waals surface area contributed by atoms with Gasteiger partial charge in [0.05, 0.1) is 16.5 Å². The predicted molar refractivity (Wildman–Crippen MR) is 137 cm³/mol. The Kier molecular flexibility index (Phi) is 6.08. The van der Waals surface area contributed by atoms with E-state index in [4.69, 9.17) is 4.74 Å². The third-order valence-electron chi connectivity index (χ3n) is 6.30. The lowest BCUT2D eigenvalue weighted by Crippen LogP contribution is -2.28. The van der Waals surface area contributed by atoms with Crippen LogP contribution in [0.2, 0.25) is 0 Å². The van der Waals surface area contributed by atoms with Gasteiger partial charge in [0, 0.05) is 35.7 Å². The number of fused-ring (bicyclic) bond motifs is 1. The molecule has 180 valence electrons. The zero-order valence-electron chi connectivity index (χ0n) is 19.5. The number of anilines is 2. The van der Waals surface area contributed by atoms with E-state index in [1.165, 1.54) is 11.0 Å². The molecule has 0 bridgehead atoms. The maximum Gasteiger partial charge on any atom is 0.274 e. The van der Waals surface area contributed by atoms with Gasteiger partial charge in [0.1, 0.15) is 11.5 Å². The van der Waals surface area contributed by atoms with Crippen molar-refractivity contribution in [3.05, 3.63) is 101 Å². The standard InChI is InChI=1S/C28H23N3O5/c1-18-9-12-22(16-25(18)31(34)35)30-17-20(15-27(30)32)28(33)29-21-10-13-23(14-11-21)36-26-8-4-6-19-5-2-3-7-24(19)26/h2-14,16,20H,15,17H2,1H3,(H,29,33)/t20-/m1/s1. The third kappa shape index (κ3) is 4.61. The Morgan fingerprint density at radius 3 is 2.56 bits per heavy atom. The topological polar surface area (TPSA) is 102 Å². The summed E-state index contributed by atoms with van der Waals surface area (Å²) in [6.07, 6.45) is 0.0375. The summed E-state index contributed by atoms with van der Waals surface area (Å²) in [5, 5.41) is 16.2. The second-order valence-corrected chi connectivity index (χ2v) is 8.73. The Bertz CT molecular complexity index is 1480. The average molecular weight is 482 g/mol. The largest absolute Gasteiger partial charge is 0.457 e. The lowest BCUT2D eigenvalue weighted by Gasteiger charge is -2.17. The number of ether oxygens (including phenoxy) is 1. The van der Waals surface area contributed by atoms with Crippen molar-refractivity contribution in [3.8, 4) is 11.5 Å². The molecule has 0 unspecified atom stereocenters. The van der Waals surface area contributed by atoms with Crippen LogP contribution in [0.1, 0.15) is 12.0 Å². The van der Waals surface area contributed by atoms with Gasteiger partial charge in [-0.3, -0.25) is 19.7 Å². The fourth-order valence-corrected chi connectivity index (χ4v) is 4.36. The molecule has 1 fully saturated rings. The van der Waals surface area contributed by atoms with E-state index in [9.17, 15) is 19.7 Å². The maximum absolute atomic E-state index is 12.9. The van der Waals surface area contributed by atoms with Crippen LogP contribution in [0, 0.1) is 23.0 Å². The minimum atomic E-state index is -0.565. The van der Waals surface area contributed by atoms with E-state index in [0.717, 1.165) is 16.5 Å². The summed E-state index contributed by atoms with van der Waals surface area (Å²) in [5.41, 5.74) is 1.46. The van der Waals surface area contributed by atoms with E-state index in [0.29, 0.717) is 22.7 Å². The summed E-state index contributed by atoms with van der Waals surface area (Å²) in [4.78, 5) is 37.7. The zero-order valence-corrected chi connectivity index (χ0v) is 19.5. The van der Waals surface area contributed by atoms with Gasteiger partial charge >= 0.3 is 0 Å². The number of rotatable bonds is 6. The van der Waals surface area contributed by atoms with Crippen LogP contribution in [0.3, 0.4) is 0 Å². The minimum absolute atomic E-state index is 0.0375. The van der Waals surface area contributed by atoms with Gasteiger partial charge in [-0.15, -0.1) is 0 Å². The molecule has 4 aromatic carbocycles. The summed E-state index contributed by atoms with van der Waals surface area (Å²) >= 11 is 0. The molecule has 4 aromatic rings. The highest BCUT2D eigenvalue weighted by molar-refractivity contribution is 6.03. The summed E-state index contributed by atoms with van der Waals surface area (Å²) in [6.45, 7) is 1.80. The molecule has 0 aliphatic carbocycles. The van der Waals surface area contributed by atoms with E-state index in [2.05, 4.69) is 5.32 Å². The molecule has 0 radical (unpaired) electrons. The maximum atomic E-state index is 12.9. The number of amides is 2. The molecule has 0 saturated carbocycles. The van der Waals surface area contributed by atoms with Crippen LogP contribution in [-0.2, 0) is 9.59 Å². The van der Waals surface area contributed by atoms with Crippen molar-refractivity contribution in [2.75, 3.05) is 16.8 Å². The Balaban J connectivity index is 1.24. The number of benzene rings is 4. The fraction of sp³-hybridized carbons (Fsp3) is 0.143. The number of nitro benzene ring substituents is 1. The van der Waals surface area contributed by atoms with Crippen LogP contribution in [0.5, 0.6) is 11.5 Å². The number of nitro groups is 1. The Morgan fingerprint density at radius 2 is 1.78 bits per heavy atom. The van der Waals surface area contributed by atoms with Gasteiger partial charge in [-0.2, -0.15) is 0 Å². The van der Waals surface area contributed by atoms with Crippen molar-refractivity contribution < 1.29 is 19.2 Å². The van der Waals surface area contributed by atoms with Crippen molar-refractivity contribution in [1.82, 2.24) is 0 Å². The van der Waals surface area contributed by atoms with Crippen molar-refractivity contribution in [1.29, 1.82) is 0 Å². The molecule has 8 heteroatoms. The van der Waals surface area contributed by atoms with Crippen LogP contribution in [0.25, 0.3) is 10.8 Å². The summed E-state index contributed by atoms with van der Waals surface area (Å²) in [6, 6.07) is 25.5. The molecule has 1 aliphatic heterocycles. The normalized spacial score (nSPS) is 15.2. The zero-order chi connectivity index (χ0) is 25.2. The second kappa shape index (κ2) is 9.50. The summed E-state index contributed by atoms with van der Waals surface area (Å²) in [5.74, 6) is 0.283. The molecule has 8 nitrogen and oxygen atoms in total. The molecule has 5 rings (SSSR count). The van der Waals surface area contributed by atoms with Crippen LogP contribution in [0.4, 0.5) is 17.1 Å². The second-order valence-electron chi connectivity index (χ2n) is 8.73. The van der Waals surface area contributed by atoms with E-state index in [-0.39, 0.29) is 30.5 Å². The average Bonchev–Trinajstić information content (AvgIpc) is 3.27. The minimum Gasteiger partial charge on any atom is -0.457 e. The van der Waals surface area contributed by atoms with Crippen LogP contribution < -0.4 is 15.0 Å². The van der Waals surface area contributed by atoms with Gasteiger partial charge in [-0.25, -0.2) is 0 Å². The number of aryl methyl sites for hydroxylation is 1. The third-order valence-corrected chi connectivity index (χ3v) is 6.30. The van der Waals surface area contributed by atoms with E-state index >= 15 is 0 Å². The van der Waals surface area contributed by atoms with Crippen LogP contribution in [0.15, 0.2) is 84.9 Å². The molecule has 1 heterocycles. The van der Waals surface area contributed by atoms with Crippen LogP contribution in [-0.4, -0.2) is 23.3 Å². The predicted octanol–water partition coefficient (Wildman–Crippen LogP) is 5.84. The monoisotopic (exact) mass is 481 g/mol. The van der Waals surface area contributed by atoms with Crippen molar-refractivity contribution >= 4 is 39.6 Å². The molecule has 2 amide bonds. The molecular formula is C28H23N3O5. The van der Waals surface area contributed by atoms with Gasteiger partial charge in [0.2, 0.25) is 11.8 Å². The van der Waals surface area contributed by atoms with Crippen molar-refractivity contribution in [2.24, 2.45) is 5.92 Å². The number of hydrogen-bond donors (Lipinski definition) is 1. The first-order chi connectivity index (χ1) is 17.4. The molecule has 1 aliphatic rings. The highest BCUT2D eigenvalue weighted by Gasteiger charge is 2.35. The Hall–Kier alpha value is -4.72. The van der Waals surface area contributed by atoms with Gasteiger partial charge in [-0.1, -0.05) is 42.5 Å². The molecule has 0 spiro atoms. The molecule has 1 N–H and O–H groups in total. The van der Waals surface area contributed by atoms with Gasteiger partial charge in [0.15, 0.2) is 0 Å². The van der Waals surface area contributed by atoms with E-state index in [1.807, 2.05) is 42.5 Å². The summed E-state index contributed by atoms with van der Waals surface area (Å²) in [7, 11) is 0. The number of hydrogen-bond acceptors (Lipinski definition) is 5. The number of carbonyl (C=O) groups is 2. The van der Waals surface area contributed by atoms with E-state index in [1.54, 1.807) is 43.3 Å². The molecule has 1 saturated heterocycles. The number of carbonyl (C=O) groups excluding carboxylic acids is 2. The summed E-state index contributed by atoms with van der Waals surface area (Å²) < 4.78 is 6.05. The van der Waals surface area contributed by atoms with Crippen molar-refractivity contribution in [3.63, 3.8) is 0 Å².